The summed E-state index contributed by atoms with van der Waals surface area (Å²) >= 11 is 0. The zero-order valence-electron chi connectivity index (χ0n) is 15.8. The molecule has 0 bridgehead atoms. The van der Waals surface area contributed by atoms with Gasteiger partial charge in [0.25, 0.3) is 0 Å². The summed E-state index contributed by atoms with van der Waals surface area (Å²) in [6, 6.07) is 13.5. The van der Waals surface area contributed by atoms with Crippen molar-refractivity contribution in [2.45, 2.75) is 0 Å². The van der Waals surface area contributed by atoms with Gasteiger partial charge in [0.2, 0.25) is 11.4 Å². The number of nitriles is 1. The number of benzene rings is 2. The first-order valence-corrected chi connectivity index (χ1v) is 8.42. The Bertz CT molecular complexity index is 1050. The number of aromatic nitrogens is 1. The molecule has 3 rings (SSSR count). The molecule has 2 aromatic carbocycles. The van der Waals surface area contributed by atoms with Gasteiger partial charge in [-0.15, -0.1) is 0 Å². The Morgan fingerprint density at radius 2 is 1.63 bits per heavy atom. The van der Waals surface area contributed by atoms with E-state index >= 15 is 0 Å². The Kier molecular flexibility index (Phi) is 5.28. The zero-order chi connectivity index (χ0) is 19.4. The molecule has 1 aromatic heterocycles. The Hall–Kier alpha value is -3.52. The Morgan fingerprint density at radius 1 is 0.926 bits per heavy atom. The first kappa shape index (κ1) is 18.3. The molecular formula is C22H21N2O3+. The molecule has 0 N–H and O–H groups in total. The number of aryl methyl sites for hydroxylation is 1. The highest BCUT2D eigenvalue weighted by Gasteiger charge is 2.22. The molecule has 0 fully saturated rings. The smallest absolute Gasteiger partial charge is 0.216 e. The third kappa shape index (κ3) is 3.42. The molecule has 1 heterocycles. The number of fused-ring (bicyclic) bond motifs is 1. The van der Waals surface area contributed by atoms with E-state index in [2.05, 4.69) is 6.07 Å². The quantitative estimate of drug-likeness (QED) is 0.650. The second kappa shape index (κ2) is 7.79. The van der Waals surface area contributed by atoms with Crippen molar-refractivity contribution in [3.63, 3.8) is 0 Å². The van der Waals surface area contributed by atoms with Crippen LogP contribution in [0.1, 0.15) is 16.8 Å². The van der Waals surface area contributed by atoms with Gasteiger partial charge in [0.05, 0.1) is 38.3 Å². The Labute approximate surface area is 158 Å². The number of ether oxygens (including phenoxy) is 3. The molecule has 5 heteroatoms. The Balaban J connectivity index is 2.20. The lowest BCUT2D eigenvalue weighted by Gasteiger charge is -2.15. The normalized spacial score (nSPS) is 10.8. The van der Waals surface area contributed by atoms with Crippen molar-refractivity contribution in [1.82, 2.24) is 0 Å². The monoisotopic (exact) mass is 361 g/mol. The average Bonchev–Trinajstić information content (AvgIpc) is 2.71. The van der Waals surface area contributed by atoms with Crippen LogP contribution in [-0.4, -0.2) is 21.3 Å². The van der Waals surface area contributed by atoms with Crippen molar-refractivity contribution >= 4 is 22.9 Å². The summed E-state index contributed by atoms with van der Waals surface area (Å²) in [7, 11) is 6.81. The van der Waals surface area contributed by atoms with Crippen LogP contribution in [0.4, 0.5) is 0 Å². The molecule has 0 radical (unpaired) electrons. The van der Waals surface area contributed by atoms with Gasteiger partial charge in [0.1, 0.15) is 7.05 Å². The van der Waals surface area contributed by atoms with E-state index in [0.717, 1.165) is 22.0 Å². The number of rotatable bonds is 5. The summed E-state index contributed by atoms with van der Waals surface area (Å²) in [6.07, 6.45) is 6.02. The van der Waals surface area contributed by atoms with Gasteiger partial charge in [-0.2, -0.15) is 5.26 Å². The van der Waals surface area contributed by atoms with Gasteiger partial charge in [-0.25, -0.2) is 4.57 Å². The third-order valence-corrected chi connectivity index (χ3v) is 4.45. The number of hydrogen-bond donors (Lipinski definition) is 0. The van der Waals surface area contributed by atoms with E-state index < -0.39 is 0 Å². The predicted molar refractivity (Wildman–Crippen MR) is 105 cm³/mol. The van der Waals surface area contributed by atoms with Crippen LogP contribution in [0.3, 0.4) is 0 Å². The topological polar surface area (TPSA) is 55.4 Å². The summed E-state index contributed by atoms with van der Waals surface area (Å²) in [4.78, 5) is 0. The minimum absolute atomic E-state index is 0.562. The molecule has 0 aliphatic carbocycles. The van der Waals surface area contributed by atoms with Gasteiger partial charge in [-0.05, 0) is 29.8 Å². The van der Waals surface area contributed by atoms with Crippen LogP contribution in [-0.2, 0) is 7.05 Å². The molecule has 5 nitrogen and oxygen atoms in total. The van der Waals surface area contributed by atoms with Crippen LogP contribution in [0, 0.1) is 11.3 Å². The maximum atomic E-state index is 8.93. The number of nitrogens with zero attached hydrogens (tertiary/aromatic N) is 2. The largest absolute Gasteiger partial charge is 0.493 e. The minimum Gasteiger partial charge on any atom is -0.493 e. The molecule has 0 saturated heterocycles. The molecule has 0 saturated carbocycles. The molecule has 0 unspecified atom stereocenters. The summed E-state index contributed by atoms with van der Waals surface area (Å²) in [5.41, 5.74) is 2.61. The van der Waals surface area contributed by atoms with Crippen molar-refractivity contribution < 1.29 is 18.8 Å². The van der Waals surface area contributed by atoms with Gasteiger partial charge in [0.15, 0.2) is 17.7 Å². The van der Waals surface area contributed by atoms with E-state index in [1.807, 2.05) is 54.2 Å². The van der Waals surface area contributed by atoms with E-state index in [1.165, 1.54) is 0 Å². The number of hydrogen-bond acceptors (Lipinski definition) is 4. The molecule has 0 amide bonds. The van der Waals surface area contributed by atoms with Crippen LogP contribution < -0.4 is 18.8 Å². The maximum absolute atomic E-state index is 8.93. The van der Waals surface area contributed by atoms with Crippen molar-refractivity contribution in [1.29, 1.82) is 5.26 Å². The fourth-order valence-electron chi connectivity index (χ4n) is 3.06. The fourth-order valence-corrected chi connectivity index (χ4v) is 3.06. The summed E-state index contributed by atoms with van der Waals surface area (Å²) in [5, 5.41) is 10.9. The number of pyridine rings is 1. The van der Waals surface area contributed by atoms with Crippen molar-refractivity contribution in [2.75, 3.05) is 21.3 Å². The van der Waals surface area contributed by atoms with Crippen LogP contribution in [0.5, 0.6) is 17.2 Å². The summed E-state index contributed by atoms with van der Waals surface area (Å²) in [5.74, 6) is 1.81. The zero-order valence-corrected chi connectivity index (χ0v) is 15.8. The van der Waals surface area contributed by atoms with Crippen molar-refractivity contribution in [3.05, 3.63) is 59.4 Å². The van der Waals surface area contributed by atoms with E-state index in [1.54, 1.807) is 33.5 Å². The van der Waals surface area contributed by atoms with E-state index in [-0.39, 0.29) is 0 Å². The van der Waals surface area contributed by atoms with Crippen molar-refractivity contribution in [2.24, 2.45) is 7.05 Å². The van der Waals surface area contributed by atoms with Gasteiger partial charge in [0, 0.05) is 17.5 Å². The summed E-state index contributed by atoms with van der Waals surface area (Å²) < 4.78 is 18.7. The van der Waals surface area contributed by atoms with E-state index in [9.17, 15) is 0 Å². The second-order valence-electron chi connectivity index (χ2n) is 5.99. The standard InChI is InChI=1S/C22H21N2O3/c1-24-12-11-17-13-19(25-2)21(26-3)22(27-4)20(17)18(24)10-9-15-5-7-16(14-23)8-6-15/h5-13H,1-4H3/q+1. The lowest BCUT2D eigenvalue weighted by atomic mass is 10.0. The van der Waals surface area contributed by atoms with Gasteiger partial charge in [-0.3, -0.25) is 0 Å². The van der Waals surface area contributed by atoms with Crippen molar-refractivity contribution in [3.8, 4) is 23.3 Å². The lowest BCUT2D eigenvalue weighted by molar-refractivity contribution is -0.671. The molecule has 0 aliphatic rings. The molecule has 3 aromatic rings. The molecular weight excluding hydrogens is 340 g/mol. The van der Waals surface area contributed by atoms with E-state index in [4.69, 9.17) is 19.5 Å². The lowest BCUT2D eigenvalue weighted by Crippen LogP contribution is -2.31. The second-order valence-corrected chi connectivity index (χ2v) is 5.99. The molecule has 0 spiro atoms. The highest BCUT2D eigenvalue weighted by molar-refractivity contribution is 5.98. The molecule has 0 atom stereocenters. The molecule has 136 valence electrons. The van der Waals surface area contributed by atoms with Gasteiger partial charge >= 0.3 is 0 Å². The highest BCUT2D eigenvalue weighted by Crippen LogP contribution is 2.44. The number of methoxy groups -OCH3 is 3. The van der Waals surface area contributed by atoms with Crippen LogP contribution in [0.15, 0.2) is 42.6 Å². The maximum Gasteiger partial charge on any atom is 0.216 e. The van der Waals surface area contributed by atoms with Crippen LogP contribution >= 0.6 is 0 Å². The average molecular weight is 361 g/mol. The SMILES string of the molecule is COc1cc2cc[n+](C)c(C=Cc3ccc(C#N)cc3)c2c(OC)c1OC. The van der Waals surface area contributed by atoms with Gasteiger partial charge < -0.3 is 14.2 Å². The first-order chi connectivity index (χ1) is 13.1. The minimum atomic E-state index is 0.562. The molecule has 27 heavy (non-hydrogen) atoms. The Morgan fingerprint density at radius 3 is 2.22 bits per heavy atom. The van der Waals surface area contributed by atoms with Crippen LogP contribution in [0.2, 0.25) is 0 Å². The summed E-state index contributed by atoms with van der Waals surface area (Å²) in [6.45, 7) is 0. The third-order valence-electron chi connectivity index (χ3n) is 4.45. The van der Waals surface area contributed by atoms with E-state index in [0.29, 0.717) is 22.8 Å². The highest BCUT2D eigenvalue weighted by atomic mass is 16.5. The molecule has 0 aliphatic heterocycles. The van der Waals surface area contributed by atoms with Crippen LogP contribution in [0.25, 0.3) is 22.9 Å². The fraction of sp³-hybridized carbons (Fsp3) is 0.182. The van der Waals surface area contributed by atoms with Gasteiger partial charge in [-0.1, -0.05) is 12.1 Å². The predicted octanol–water partition coefficient (Wildman–Crippen LogP) is 3.73. The first-order valence-electron chi connectivity index (χ1n) is 8.42.